The average Bonchev–Trinajstić information content (AvgIpc) is 2.94. The zero-order valence-electron chi connectivity index (χ0n) is 23.7. The van der Waals surface area contributed by atoms with E-state index in [1.54, 1.807) is 49.4 Å². The summed E-state index contributed by atoms with van der Waals surface area (Å²) < 4.78 is 42.5. The number of hydrogen-bond donors (Lipinski definition) is 1. The van der Waals surface area contributed by atoms with Gasteiger partial charge in [0, 0.05) is 12.6 Å². The molecule has 0 saturated carbocycles. The Hall–Kier alpha value is -3.72. The van der Waals surface area contributed by atoms with Gasteiger partial charge in [-0.3, -0.25) is 13.9 Å². The Morgan fingerprint density at radius 2 is 1.55 bits per heavy atom. The molecule has 3 aromatic carbocycles. The van der Waals surface area contributed by atoms with Crippen molar-refractivity contribution in [3.8, 4) is 0 Å². The number of carbonyl (C=O) groups excluding carboxylic acids is 2. The lowest BCUT2D eigenvalue weighted by Crippen LogP contribution is -2.53. The summed E-state index contributed by atoms with van der Waals surface area (Å²) in [5, 5.41) is 2.94. The summed E-state index contributed by atoms with van der Waals surface area (Å²) in [5.41, 5.74) is 2.82. The number of sulfonamides is 1. The molecule has 7 nitrogen and oxygen atoms in total. The Kier molecular flexibility index (Phi) is 10.5. The van der Waals surface area contributed by atoms with Crippen LogP contribution in [0.1, 0.15) is 50.3 Å². The number of anilines is 1. The minimum absolute atomic E-state index is 0.0116. The minimum Gasteiger partial charge on any atom is -0.352 e. The van der Waals surface area contributed by atoms with Crippen molar-refractivity contribution in [2.24, 2.45) is 0 Å². The number of amides is 2. The van der Waals surface area contributed by atoms with E-state index in [4.69, 9.17) is 0 Å². The molecule has 0 fully saturated rings. The Bertz CT molecular complexity index is 1410. The van der Waals surface area contributed by atoms with Crippen molar-refractivity contribution in [2.45, 2.75) is 71.0 Å². The minimum atomic E-state index is -4.13. The van der Waals surface area contributed by atoms with E-state index in [9.17, 15) is 22.4 Å². The summed E-state index contributed by atoms with van der Waals surface area (Å²) in [5.74, 6) is -1.29. The molecule has 2 unspecified atom stereocenters. The second-order valence-electron chi connectivity index (χ2n) is 9.98. The fourth-order valence-electron chi connectivity index (χ4n) is 4.28. The highest BCUT2D eigenvalue weighted by atomic mass is 32.2. The van der Waals surface area contributed by atoms with E-state index in [1.807, 2.05) is 33.8 Å². The summed E-state index contributed by atoms with van der Waals surface area (Å²) in [6.07, 6.45) is 1.02. The van der Waals surface area contributed by atoms with Gasteiger partial charge in [-0.15, -0.1) is 0 Å². The highest BCUT2D eigenvalue weighted by molar-refractivity contribution is 7.92. The van der Waals surface area contributed by atoms with Crippen molar-refractivity contribution in [2.75, 3.05) is 10.8 Å². The first-order valence-electron chi connectivity index (χ1n) is 13.5. The van der Waals surface area contributed by atoms with E-state index >= 15 is 0 Å². The van der Waals surface area contributed by atoms with Gasteiger partial charge in [-0.2, -0.15) is 0 Å². The van der Waals surface area contributed by atoms with Crippen LogP contribution in [0.25, 0.3) is 0 Å². The first-order valence-corrected chi connectivity index (χ1v) is 14.9. The molecule has 9 heteroatoms. The number of nitrogens with one attached hydrogen (secondary N) is 1. The van der Waals surface area contributed by atoms with Crippen molar-refractivity contribution in [1.29, 1.82) is 0 Å². The number of nitrogens with zero attached hydrogens (tertiary/aromatic N) is 2. The second kappa shape index (κ2) is 13.6. The van der Waals surface area contributed by atoms with Gasteiger partial charge in [0.25, 0.3) is 10.0 Å². The SMILES string of the molecule is CCC(C)NC(=O)C(CC)N(Cc1ccc(F)cc1)C(=O)CN(c1ccc(C)c(C)c1)S(=O)(=O)c1ccccc1. The normalized spacial score (nSPS) is 12.8. The van der Waals surface area contributed by atoms with Crippen molar-refractivity contribution in [3.63, 3.8) is 0 Å². The summed E-state index contributed by atoms with van der Waals surface area (Å²) in [7, 11) is -4.13. The number of rotatable bonds is 12. The molecule has 3 aromatic rings. The zero-order chi connectivity index (χ0) is 29.4. The Morgan fingerprint density at radius 1 is 0.900 bits per heavy atom. The van der Waals surface area contributed by atoms with Gasteiger partial charge in [0.2, 0.25) is 11.8 Å². The van der Waals surface area contributed by atoms with Gasteiger partial charge < -0.3 is 10.2 Å². The van der Waals surface area contributed by atoms with Crippen molar-refractivity contribution in [3.05, 3.63) is 95.3 Å². The quantitative estimate of drug-likeness (QED) is 0.319. The van der Waals surface area contributed by atoms with Gasteiger partial charge in [0.15, 0.2) is 0 Å². The summed E-state index contributed by atoms with van der Waals surface area (Å²) in [4.78, 5) is 28.8. The maximum Gasteiger partial charge on any atom is 0.264 e. The van der Waals surface area contributed by atoms with Gasteiger partial charge in [-0.05, 0) is 86.7 Å². The lowest BCUT2D eigenvalue weighted by molar-refractivity contribution is -0.140. The topological polar surface area (TPSA) is 86.8 Å². The maximum atomic E-state index is 14.1. The molecule has 0 spiro atoms. The fourth-order valence-corrected chi connectivity index (χ4v) is 5.70. The maximum absolute atomic E-state index is 14.1. The monoisotopic (exact) mass is 567 g/mol. The van der Waals surface area contributed by atoms with Crippen molar-refractivity contribution in [1.82, 2.24) is 10.2 Å². The predicted molar refractivity (Wildman–Crippen MR) is 156 cm³/mol. The average molecular weight is 568 g/mol. The van der Waals surface area contributed by atoms with Crippen LogP contribution >= 0.6 is 0 Å². The summed E-state index contributed by atoms with van der Waals surface area (Å²) in [6.45, 7) is 8.92. The van der Waals surface area contributed by atoms with Gasteiger partial charge in [-0.1, -0.05) is 50.2 Å². The number of halogens is 1. The van der Waals surface area contributed by atoms with Crippen molar-refractivity contribution >= 4 is 27.5 Å². The van der Waals surface area contributed by atoms with E-state index in [1.165, 1.54) is 29.2 Å². The molecule has 0 aliphatic rings. The van der Waals surface area contributed by atoms with Gasteiger partial charge in [-0.25, -0.2) is 12.8 Å². The largest absolute Gasteiger partial charge is 0.352 e. The highest BCUT2D eigenvalue weighted by Gasteiger charge is 2.34. The van der Waals surface area contributed by atoms with E-state index in [0.29, 0.717) is 24.1 Å². The molecule has 0 radical (unpaired) electrons. The van der Waals surface area contributed by atoms with Crippen molar-refractivity contribution < 1.29 is 22.4 Å². The third kappa shape index (κ3) is 7.47. The number of benzene rings is 3. The molecule has 3 rings (SSSR count). The first-order chi connectivity index (χ1) is 19.0. The van der Waals surface area contributed by atoms with E-state index in [-0.39, 0.29) is 23.4 Å². The van der Waals surface area contributed by atoms with E-state index < -0.39 is 34.3 Å². The Balaban J connectivity index is 2.06. The Labute approximate surface area is 237 Å². The Morgan fingerprint density at radius 3 is 2.12 bits per heavy atom. The van der Waals surface area contributed by atoms with Crippen LogP contribution in [0.5, 0.6) is 0 Å². The highest BCUT2D eigenvalue weighted by Crippen LogP contribution is 2.26. The lowest BCUT2D eigenvalue weighted by atomic mass is 10.1. The summed E-state index contributed by atoms with van der Waals surface area (Å²) in [6, 6.07) is 17.9. The third-order valence-corrected chi connectivity index (χ3v) is 8.83. The predicted octanol–water partition coefficient (Wildman–Crippen LogP) is 5.36. The molecule has 0 aliphatic carbocycles. The van der Waals surface area contributed by atoms with Crippen LogP contribution < -0.4 is 9.62 Å². The molecule has 214 valence electrons. The third-order valence-electron chi connectivity index (χ3n) is 7.04. The fraction of sp³-hybridized carbons (Fsp3) is 0.355. The second-order valence-corrected chi connectivity index (χ2v) is 11.8. The molecule has 2 amide bonds. The molecule has 1 N–H and O–H groups in total. The molecule has 2 atom stereocenters. The number of hydrogen-bond acceptors (Lipinski definition) is 4. The van der Waals surface area contributed by atoms with Crippen LogP contribution in [0.2, 0.25) is 0 Å². The van der Waals surface area contributed by atoms with Gasteiger partial charge >= 0.3 is 0 Å². The molecule has 0 bridgehead atoms. The smallest absolute Gasteiger partial charge is 0.264 e. The molecular formula is C31H38FN3O4S. The number of aryl methyl sites for hydroxylation is 2. The molecular weight excluding hydrogens is 529 g/mol. The van der Waals surface area contributed by atoms with Gasteiger partial charge in [0.05, 0.1) is 10.6 Å². The zero-order valence-corrected chi connectivity index (χ0v) is 24.5. The van der Waals surface area contributed by atoms with Gasteiger partial charge in [0.1, 0.15) is 18.4 Å². The van der Waals surface area contributed by atoms with Crippen LogP contribution in [-0.2, 0) is 26.2 Å². The van der Waals surface area contributed by atoms with E-state index in [2.05, 4.69) is 5.32 Å². The standard InChI is InChI=1S/C31H38FN3O4S/c1-6-24(5)33-31(37)29(7-2)34(20-25-14-16-26(32)17-15-25)30(36)21-35(27-18-13-22(3)23(4)19-27)40(38,39)28-11-9-8-10-12-28/h8-19,24,29H,6-7,20-21H2,1-5H3,(H,33,37). The molecule has 0 aromatic heterocycles. The van der Waals surface area contributed by atoms with Crippen LogP contribution in [-0.4, -0.2) is 43.8 Å². The van der Waals surface area contributed by atoms with Crippen LogP contribution in [0.3, 0.4) is 0 Å². The van der Waals surface area contributed by atoms with Crippen LogP contribution in [0.15, 0.2) is 77.7 Å². The molecule has 0 aliphatic heterocycles. The molecule has 0 saturated heterocycles. The lowest BCUT2D eigenvalue weighted by Gasteiger charge is -2.34. The van der Waals surface area contributed by atoms with E-state index in [0.717, 1.165) is 15.4 Å². The van der Waals surface area contributed by atoms with Crippen LogP contribution in [0.4, 0.5) is 10.1 Å². The molecule has 0 heterocycles. The molecule has 40 heavy (non-hydrogen) atoms. The summed E-state index contributed by atoms with van der Waals surface area (Å²) >= 11 is 0. The first kappa shape index (κ1) is 30.8. The number of carbonyl (C=O) groups is 2. The van der Waals surface area contributed by atoms with Crippen LogP contribution in [0, 0.1) is 19.7 Å².